The van der Waals surface area contributed by atoms with Crippen molar-refractivity contribution in [2.24, 2.45) is 5.73 Å². The van der Waals surface area contributed by atoms with Gasteiger partial charge in [0, 0.05) is 5.54 Å². The molecule has 1 aromatic rings. The monoisotopic (exact) mass is 208 g/mol. The summed E-state index contributed by atoms with van der Waals surface area (Å²) in [6.45, 7) is 6.57. The van der Waals surface area contributed by atoms with Gasteiger partial charge in [0.2, 0.25) is 0 Å². The Hall–Kier alpha value is -1.22. The predicted molar refractivity (Wildman–Crippen MR) is 64.0 cm³/mol. The van der Waals surface area contributed by atoms with Gasteiger partial charge in [0.25, 0.3) is 0 Å². The Morgan fingerprint density at radius 1 is 1.33 bits per heavy atom. The molecule has 0 amide bonds. The van der Waals surface area contributed by atoms with Crippen LogP contribution in [0, 0.1) is 0 Å². The first kappa shape index (κ1) is 11.9. The smallest absolute Gasteiger partial charge is 0.142 e. The van der Waals surface area contributed by atoms with Crippen LogP contribution < -0.4 is 16.2 Å². The van der Waals surface area contributed by atoms with Gasteiger partial charge < -0.3 is 16.2 Å². The third-order valence-corrected chi connectivity index (χ3v) is 2.03. The first-order valence-electron chi connectivity index (χ1n) is 5.22. The van der Waals surface area contributed by atoms with Crippen molar-refractivity contribution < 1.29 is 4.74 Å². The lowest BCUT2D eigenvalue weighted by Crippen LogP contribution is -2.34. The molecule has 3 heteroatoms. The summed E-state index contributed by atoms with van der Waals surface area (Å²) in [5, 5.41) is 0. The molecule has 0 atom stereocenters. The molecule has 4 N–H and O–H groups in total. The second kappa shape index (κ2) is 4.53. The van der Waals surface area contributed by atoms with Gasteiger partial charge in [0.1, 0.15) is 5.75 Å². The maximum atomic E-state index is 5.94. The van der Waals surface area contributed by atoms with Gasteiger partial charge >= 0.3 is 0 Å². The second-order valence-corrected chi connectivity index (χ2v) is 4.47. The lowest BCUT2D eigenvalue weighted by atomic mass is 9.96. The van der Waals surface area contributed by atoms with Crippen LogP contribution in [0.15, 0.2) is 18.2 Å². The van der Waals surface area contributed by atoms with E-state index in [1.165, 1.54) is 0 Å². The summed E-state index contributed by atoms with van der Waals surface area (Å²) in [4.78, 5) is 0. The van der Waals surface area contributed by atoms with Crippen LogP contribution in [-0.2, 0) is 6.42 Å². The highest BCUT2D eigenvalue weighted by Gasteiger charge is 2.12. The molecule has 0 aromatic heterocycles. The standard InChI is InChI=1S/C12H20N2O/c1-4-15-11-6-5-9(7-10(11)13)8-12(2,3)14/h5-7H,4,8,13-14H2,1-3H3. The molecule has 15 heavy (non-hydrogen) atoms. The first-order valence-corrected chi connectivity index (χ1v) is 5.22. The van der Waals surface area contributed by atoms with Crippen LogP contribution in [-0.4, -0.2) is 12.1 Å². The largest absolute Gasteiger partial charge is 0.492 e. The van der Waals surface area contributed by atoms with E-state index in [1.54, 1.807) is 0 Å². The van der Waals surface area contributed by atoms with Crippen LogP contribution in [0.5, 0.6) is 5.75 Å². The second-order valence-electron chi connectivity index (χ2n) is 4.47. The average Bonchev–Trinajstić information content (AvgIpc) is 2.07. The van der Waals surface area contributed by atoms with Gasteiger partial charge in [-0.2, -0.15) is 0 Å². The minimum atomic E-state index is -0.209. The van der Waals surface area contributed by atoms with Crippen molar-refractivity contribution in [3.63, 3.8) is 0 Å². The van der Waals surface area contributed by atoms with Crippen molar-refractivity contribution in [1.82, 2.24) is 0 Å². The molecule has 0 unspecified atom stereocenters. The molecular formula is C12H20N2O. The van der Waals surface area contributed by atoms with Gasteiger partial charge in [0.05, 0.1) is 12.3 Å². The minimum Gasteiger partial charge on any atom is -0.492 e. The summed E-state index contributed by atoms with van der Waals surface area (Å²) in [5.41, 5.74) is 13.4. The molecule has 0 spiro atoms. The molecule has 0 radical (unpaired) electrons. The molecule has 0 saturated carbocycles. The van der Waals surface area contributed by atoms with E-state index in [0.717, 1.165) is 17.7 Å². The Balaban J connectivity index is 2.82. The molecule has 3 nitrogen and oxygen atoms in total. The summed E-state index contributed by atoms with van der Waals surface area (Å²) >= 11 is 0. The van der Waals surface area contributed by atoms with Crippen LogP contribution in [0.25, 0.3) is 0 Å². The Kier molecular flexibility index (Phi) is 3.58. The van der Waals surface area contributed by atoms with Crippen molar-refractivity contribution in [3.05, 3.63) is 23.8 Å². The quantitative estimate of drug-likeness (QED) is 0.743. The third kappa shape index (κ3) is 3.80. The van der Waals surface area contributed by atoms with Gasteiger partial charge in [-0.25, -0.2) is 0 Å². The van der Waals surface area contributed by atoms with E-state index in [2.05, 4.69) is 0 Å². The molecule has 1 rings (SSSR count). The Morgan fingerprint density at radius 3 is 2.47 bits per heavy atom. The predicted octanol–water partition coefficient (Wildman–Crippen LogP) is 1.95. The normalized spacial score (nSPS) is 11.5. The lowest BCUT2D eigenvalue weighted by molar-refractivity contribution is 0.342. The molecule has 0 aliphatic carbocycles. The van der Waals surface area contributed by atoms with Crippen LogP contribution in [0.3, 0.4) is 0 Å². The number of hydrogen-bond donors (Lipinski definition) is 2. The molecular weight excluding hydrogens is 188 g/mol. The van der Waals surface area contributed by atoms with Gasteiger partial charge in [-0.05, 0) is 44.9 Å². The van der Waals surface area contributed by atoms with Crippen LogP contribution in [0.1, 0.15) is 26.3 Å². The number of benzene rings is 1. The summed E-state index contributed by atoms with van der Waals surface area (Å²) in [5.74, 6) is 0.746. The maximum Gasteiger partial charge on any atom is 0.142 e. The van der Waals surface area contributed by atoms with E-state index < -0.39 is 0 Å². The van der Waals surface area contributed by atoms with Gasteiger partial charge in [-0.1, -0.05) is 6.07 Å². The zero-order valence-electron chi connectivity index (χ0n) is 9.71. The molecule has 0 saturated heterocycles. The molecule has 0 aliphatic heterocycles. The molecule has 0 bridgehead atoms. The fourth-order valence-corrected chi connectivity index (χ4v) is 1.52. The number of ether oxygens (including phenoxy) is 1. The molecule has 0 heterocycles. The lowest BCUT2D eigenvalue weighted by Gasteiger charge is -2.19. The molecule has 1 aromatic carbocycles. The van der Waals surface area contributed by atoms with E-state index in [4.69, 9.17) is 16.2 Å². The summed E-state index contributed by atoms with van der Waals surface area (Å²) in [6, 6.07) is 5.84. The number of nitrogen functional groups attached to an aromatic ring is 1. The van der Waals surface area contributed by atoms with Crippen LogP contribution >= 0.6 is 0 Å². The minimum absolute atomic E-state index is 0.209. The highest BCUT2D eigenvalue weighted by molar-refractivity contribution is 5.54. The van der Waals surface area contributed by atoms with Crippen LogP contribution in [0.2, 0.25) is 0 Å². The fourth-order valence-electron chi connectivity index (χ4n) is 1.52. The van der Waals surface area contributed by atoms with Gasteiger partial charge in [0.15, 0.2) is 0 Å². The Labute approximate surface area is 91.4 Å². The highest BCUT2D eigenvalue weighted by Crippen LogP contribution is 2.24. The van der Waals surface area contributed by atoms with Gasteiger partial charge in [-0.3, -0.25) is 0 Å². The number of anilines is 1. The van der Waals surface area contributed by atoms with E-state index in [1.807, 2.05) is 39.0 Å². The first-order chi connectivity index (χ1) is 6.92. The zero-order chi connectivity index (χ0) is 11.5. The zero-order valence-corrected chi connectivity index (χ0v) is 9.71. The summed E-state index contributed by atoms with van der Waals surface area (Å²) in [7, 11) is 0. The summed E-state index contributed by atoms with van der Waals surface area (Å²) in [6.07, 6.45) is 0.809. The number of rotatable bonds is 4. The SMILES string of the molecule is CCOc1ccc(CC(C)(C)N)cc1N. The third-order valence-electron chi connectivity index (χ3n) is 2.03. The number of hydrogen-bond acceptors (Lipinski definition) is 3. The van der Waals surface area contributed by atoms with Crippen molar-refractivity contribution in [2.75, 3.05) is 12.3 Å². The average molecular weight is 208 g/mol. The summed E-state index contributed by atoms with van der Waals surface area (Å²) < 4.78 is 5.37. The van der Waals surface area contributed by atoms with Crippen molar-refractivity contribution in [2.45, 2.75) is 32.7 Å². The fraction of sp³-hybridized carbons (Fsp3) is 0.500. The highest BCUT2D eigenvalue weighted by atomic mass is 16.5. The molecule has 84 valence electrons. The number of nitrogens with two attached hydrogens (primary N) is 2. The van der Waals surface area contributed by atoms with E-state index in [-0.39, 0.29) is 5.54 Å². The van der Waals surface area contributed by atoms with E-state index >= 15 is 0 Å². The molecule has 0 aliphatic rings. The van der Waals surface area contributed by atoms with Crippen LogP contribution in [0.4, 0.5) is 5.69 Å². The van der Waals surface area contributed by atoms with Crippen molar-refractivity contribution in [1.29, 1.82) is 0 Å². The topological polar surface area (TPSA) is 61.3 Å². The van der Waals surface area contributed by atoms with Crippen molar-refractivity contribution >= 4 is 5.69 Å². The molecule has 0 fully saturated rings. The van der Waals surface area contributed by atoms with E-state index in [9.17, 15) is 0 Å². The maximum absolute atomic E-state index is 5.94. The van der Waals surface area contributed by atoms with Crippen molar-refractivity contribution in [3.8, 4) is 5.75 Å². The Bertz CT molecular complexity index is 329. The van der Waals surface area contributed by atoms with E-state index in [0.29, 0.717) is 12.3 Å². The Morgan fingerprint density at radius 2 is 2.00 bits per heavy atom. The van der Waals surface area contributed by atoms with Gasteiger partial charge in [-0.15, -0.1) is 0 Å².